The molecule has 0 spiro atoms. The first-order valence-corrected chi connectivity index (χ1v) is 19.6. The van der Waals surface area contributed by atoms with Crippen molar-refractivity contribution in [1.29, 1.82) is 0 Å². The standard InChI is InChI=1S/C54H36N2O2/c1-3-11-37(12-4-1)39-19-26-43(27-20-39)55(44-28-21-40(22-29-44)38-13-5-2-6-14-38)45-30-23-41(24-31-45)42-25-33-51-53(35-42)57-52-34-32-46(36-54(52)58-51)56-49-17-9-7-15-47(49)48-16-8-10-18-50(48)56/h1-36H. The summed E-state index contributed by atoms with van der Waals surface area (Å²) in [4.78, 5) is 2.31. The van der Waals surface area contributed by atoms with Crippen molar-refractivity contribution in [2.24, 2.45) is 0 Å². The van der Waals surface area contributed by atoms with Gasteiger partial charge in [-0.1, -0.05) is 140 Å². The predicted octanol–water partition coefficient (Wildman–Crippen LogP) is 15.2. The van der Waals surface area contributed by atoms with Crippen LogP contribution in [0.3, 0.4) is 0 Å². The molecule has 4 heteroatoms. The fourth-order valence-corrected chi connectivity index (χ4v) is 8.21. The normalized spacial score (nSPS) is 11.7. The van der Waals surface area contributed by atoms with E-state index in [1.54, 1.807) is 0 Å². The molecule has 1 aliphatic heterocycles. The monoisotopic (exact) mass is 744 g/mol. The second-order valence-corrected chi connectivity index (χ2v) is 14.6. The molecule has 0 radical (unpaired) electrons. The number of nitrogens with zero attached hydrogens (tertiary/aromatic N) is 2. The van der Waals surface area contributed by atoms with E-state index in [0.29, 0.717) is 23.0 Å². The summed E-state index contributed by atoms with van der Waals surface area (Å²) >= 11 is 0. The Morgan fingerprint density at radius 3 is 1.17 bits per heavy atom. The van der Waals surface area contributed by atoms with Gasteiger partial charge in [-0.05, 0) is 106 Å². The summed E-state index contributed by atoms with van der Waals surface area (Å²) in [5.41, 5.74) is 13.5. The first-order valence-electron chi connectivity index (χ1n) is 19.6. The van der Waals surface area contributed by atoms with Crippen LogP contribution in [-0.2, 0) is 0 Å². The fraction of sp³-hybridized carbons (Fsp3) is 0. The summed E-state index contributed by atoms with van der Waals surface area (Å²) in [5.74, 6) is 2.77. The molecule has 2 heterocycles. The third-order valence-corrected chi connectivity index (χ3v) is 11.1. The van der Waals surface area contributed by atoms with Crippen LogP contribution in [0.25, 0.3) is 60.9 Å². The van der Waals surface area contributed by atoms with Gasteiger partial charge in [-0.25, -0.2) is 0 Å². The van der Waals surface area contributed by atoms with E-state index in [-0.39, 0.29) is 0 Å². The Hall–Kier alpha value is -7.82. The molecule has 0 aliphatic carbocycles. The molecule has 9 aromatic carbocycles. The molecule has 0 saturated carbocycles. The number of para-hydroxylation sites is 2. The first-order chi connectivity index (χ1) is 28.7. The van der Waals surface area contributed by atoms with Gasteiger partial charge in [-0.3, -0.25) is 0 Å². The summed E-state index contributed by atoms with van der Waals surface area (Å²) < 4.78 is 15.3. The van der Waals surface area contributed by atoms with Crippen LogP contribution in [-0.4, -0.2) is 4.57 Å². The smallest absolute Gasteiger partial charge is 0.172 e. The lowest BCUT2D eigenvalue weighted by Crippen LogP contribution is -2.09. The van der Waals surface area contributed by atoms with Crippen LogP contribution in [0.15, 0.2) is 218 Å². The van der Waals surface area contributed by atoms with Gasteiger partial charge in [0.05, 0.1) is 16.7 Å². The number of ether oxygens (including phenoxy) is 2. The number of aromatic nitrogens is 1. The molecule has 0 amide bonds. The maximum atomic E-state index is 6.51. The molecule has 0 bridgehead atoms. The molecule has 4 nitrogen and oxygen atoms in total. The molecule has 1 aliphatic rings. The highest BCUT2D eigenvalue weighted by atomic mass is 16.6. The van der Waals surface area contributed by atoms with Crippen molar-refractivity contribution < 1.29 is 9.47 Å². The van der Waals surface area contributed by atoms with E-state index in [1.165, 1.54) is 33.0 Å². The van der Waals surface area contributed by atoms with Gasteiger partial charge in [0.25, 0.3) is 0 Å². The number of anilines is 3. The molecule has 11 rings (SSSR count). The zero-order chi connectivity index (χ0) is 38.4. The van der Waals surface area contributed by atoms with Gasteiger partial charge in [-0.2, -0.15) is 0 Å². The van der Waals surface area contributed by atoms with Crippen molar-refractivity contribution in [1.82, 2.24) is 4.57 Å². The van der Waals surface area contributed by atoms with Crippen LogP contribution in [0, 0.1) is 0 Å². The van der Waals surface area contributed by atoms with E-state index in [9.17, 15) is 0 Å². The molecule has 0 fully saturated rings. The van der Waals surface area contributed by atoms with Crippen molar-refractivity contribution in [2.75, 3.05) is 4.90 Å². The highest BCUT2D eigenvalue weighted by molar-refractivity contribution is 6.09. The van der Waals surface area contributed by atoms with Crippen molar-refractivity contribution in [3.63, 3.8) is 0 Å². The maximum Gasteiger partial charge on any atom is 0.172 e. The van der Waals surface area contributed by atoms with Crippen LogP contribution >= 0.6 is 0 Å². The van der Waals surface area contributed by atoms with Gasteiger partial charge < -0.3 is 18.9 Å². The van der Waals surface area contributed by atoms with Crippen LogP contribution < -0.4 is 14.4 Å². The Morgan fingerprint density at radius 1 is 0.293 bits per heavy atom. The molecule has 0 unspecified atom stereocenters. The van der Waals surface area contributed by atoms with Crippen molar-refractivity contribution in [3.05, 3.63) is 218 Å². The number of rotatable bonds is 7. The summed E-state index contributed by atoms with van der Waals surface area (Å²) in [6, 6.07) is 76.7. The summed E-state index contributed by atoms with van der Waals surface area (Å²) in [6.07, 6.45) is 0. The van der Waals surface area contributed by atoms with Crippen LogP contribution in [0.4, 0.5) is 17.1 Å². The Morgan fingerprint density at radius 2 is 0.672 bits per heavy atom. The highest BCUT2D eigenvalue weighted by Gasteiger charge is 2.22. The van der Waals surface area contributed by atoms with Crippen molar-refractivity contribution in [2.45, 2.75) is 0 Å². The van der Waals surface area contributed by atoms with Gasteiger partial charge in [0.2, 0.25) is 0 Å². The number of hydrogen-bond acceptors (Lipinski definition) is 3. The SMILES string of the molecule is c1ccc(-c2ccc(N(c3ccc(-c4ccccc4)cc3)c3ccc(-c4ccc5c(c4)Oc4ccc(-n6c7ccccc7c7ccccc76)cc4O5)cc3)cc2)cc1. The molecule has 1 aromatic heterocycles. The lowest BCUT2D eigenvalue weighted by Gasteiger charge is -2.26. The molecule has 0 saturated heterocycles. The van der Waals surface area contributed by atoms with Gasteiger partial charge in [-0.15, -0.1) is 0 Å². The predicted molar refractivity (Wildman–Crippen MR) is 238 cm³/mol. The average Bonchev–Trinajstić information content (AvgIpc) is 3.64. The van der Waals surface area contributed by atoms with Crippen LogP contribution in [0.2, 0.25) is 0 Å². The van der Waals surface area contributed by atoms with Crippen molar-refractivity contribution >= 4 is 38.9 Å². The Kier molecular flexibility index (Phi) is 8.11. The molecule has 10 aromatic rings. The quantitative estimate of drug-likeness (QED) is 0.163. The van der Waals surface area contributed by atoms with E-state index in [0.717, 1.165) is 44.9 Å². The Bertz CT molecular complexity index is 2940. The third kappa shape index (κ3) is 5.96. The van der Waals surface area contributed by atoms with E-state index >= 15 is 0 Å². The average molecular weight is 745 g/mol. The topological polar surface area (TPSA) is 26.6 Å². The number of benzene rings is 9. The Balaban J connectivity index is 0.892. The minimum atomic E-state index is 0.691. The zero-order valence-electron chi connectivity index (χ0n) is 31.5. The number of hydrogen-bond donors (Lipinski definition) is 0. The summed E-state index contributed by atoms with van der Waals surface area (Å²) in [5, 5.41) is 2.45. The fourth-order valence-electron chi connectivity index (χ4n) is 8.21. The van der Waals surface area contributed by atoms with Gasteiger partial charge in [0, 0.05) is 33.9 Å². The Labute approximate surface area is 337 Å². The van der Waals surface area contributed by atoms with E-state index in [4.69, 9.17) is 9.47 Å². The largest absolute Gasteiger partial charge is 0.449 e. The molecule has 0 N–H and O–H groups in total. The summed E-state index contributed by atoms with van der Waals surface area (Å²) in [7, 11) is 0. The van der Waals surface area contributed by atoms with Crippen LogP contribution in [0.1, 0.15) is 0 Å². The van der Waals surface area contributed by atoms with E-state index < -0.39 is 0 Å². The third-order valence-electron chi connectivity index (χ3n) is 11.1. The number of fused-ring (bicyclic) bond motifs is 5. The van der Waals surface area contributed by atoms with E-state index in [2.05, 4.69) is 216 Å². The van der Waals surface area contributed by atoms with E-state index in [1.807, 2.05) is 12.1 Å². The maximum absolute atomic E-state index is 6.51. The minimum absolute atomic E-state index is 0.691. The zero-order valence-corrected chi connectivity index (χ0v) is 31.5. The molecule has 58 heavy (non-hydrogen) atoms. The molecular weight excluding hydrogens is 709 g/mol. The van der Waals surface area contributed by atoms with Gasteiger partial charge in [0.15, 0.2) is 23.0 Å². The highest BCUT2D eigenvalue weighted by Crippen LogP contribution is 2.48. The second-order valence-electron chi connectivity index (χ2n) is 14.6. The van der Waals surface area contributed by atoms with Gasteiger partial charge >= 0.3 is 0 Å². The first kappa shape index (κ1) is 33.5. The molecule has 0 atom stereocenters. The molecular formula is C54H36N2O2. The lowest BCUT2D eigenvalue weighted by molar-refractivity contribution is 0.359. The van der Waals surface area contributed by atoms with Crippen molar-refractivity contribution in [3.8, 4) is 62.1 Å². The minimum Gasteiger partial charge on any atom is -0.449 e. The van der Waals surface area contributed by atoms with Gasteiger partial charge in [0.1, 0.15) is 0 Å². The second kappa shape index (κ2) is 14.0. The molecule has 274 valence electrons. The lowest BCUT2D eigenvalue weighted by atomic mass is 10.0. The summed E-state index contributed by atoms with van der Waals surface area (Å²) in [6.45, 7) is 0. The van der Waals surface area contributed by atoms with Crippen LogP contribution in [0.5, 0.6) is 23.0 Å².